The van der Waals surface area contributed by atoms with Crippen molar-refractivity contribution < 1.29 is 13.2 Å². The average molecular weight is 239 g/mol. The zero-order valence-corrected chi connectivity index (χ0v) is 9.25. The number of rotatable bonds is 1. The summed E-state index contributed by atoms with van der Waals surface area (Å²) >= 11 is 0. The van der Waals surface area contributed by atoms with Gasteiger partial charge in [-0.05, 0) is 28.8 Å². The molecule has 0 aliphatic rings. The van der Waals surface area contributed by atoms with Gasteiger partial charge in [0, 0.05) is 0 Å². The SMILES string of the molecule is Cc1ccc(C(N)C(F)(F)F)c2ccccc12. The first-order valence-corrected chi connectivity index (χ1v) is 5.22. The van der Waals surface area contributed by atoms with E-state index in [1.165, 1.54) is 6.07 Å². The van der Waals surface area contributed by atoms with Gasteiger partial charge in [-0.15, -0.1) is 0 Å². The molecule has 1 unspecified atom stereocenters. The molecule has 0 amide bonds. The highest BCUT2D eigenvalue weighted by molar-refractivity contribution is 5.89. The lowest BCUT2D eigenvalue weighted by atomic mass is 9.96. The Balaban J connectivity index is 2.67. The van der Waals surface area contributed by atoms with Crippen LogP contribution in [-0.2, 0) is 0 Å². The molecule has 2 rings (SSSR count). The van der Waals surface area contributed by atoms with E-state index in [0.29, 0.717) is 5.39 Å². The molecule has 0 radical (unpaired) electrons. The first-order valence-electron chi connectivity index (χ1n) is 5.22. The van der Waals surface area contributed by atoms with Crippen LogP contribution in [-0.4, -0.2) is 6.18 Å². The Morgan fingerprint density at radius 1 is 1.00 bits per heavy atom. The lowest BCUT2D eigenvalue weighted by Crippen LogP contribution is -2.28. The van der Waals surface area contributed by atoms with Crippen LogP contribution >= 0.6 is 0 Å². The van der Waals surface area contributed by atoms with Crippen LogP contribution in [0.5, 0.6) is 0 Å². The van der Waals surface area contributed by atoms with E-state index < -0.39 is 12.2 Å². The minimum Gasteiger partial charge on any atom is -0.316 e. The predicted molar refractivity (Wildman–Crippen MR) is 61.7 cm³/mol. The molecular formula is C13H12F3N. The normalized spacial score (nSPS) is 13.9. The molecule has 0 saturated carbocycles. The van der Waals surface area contributed by atoms with Gasteiger partial charge in [0.2, 0.25) is 0 Å². The maximum absolute atomic E-state index is 12.6. The summed E-state index contributed by atoms with van der Waals surface area (Å²) in [5, 5.41) is 1.38. The average Bonchev–Trinajstić information content (AvgIpc) is 2.28. The lowest BCUT2D eigenvalue weighted by molar-refractivity contribution is -0.148. The molecule has 0 aliphatic heterocycles. The molecule has 0 heterocycles. The van der Waals surface area contributed by atoms with Gasteiger partial charge in [0.1, 0.15) is 6.04 Å². The molecule has 1 atom stereocenters. The van der Waals surface area contributed by atoms with Crippen molar-refractivity contribution >= 4 is 10.8 Å². The Morgan fingerprint density at radius 3 is 2.18 bits per heavy atom. The first-order chi connectivity index (χ1) is 7.91. The minimum atomic E-state index is -4.42. The van der Waals surface area contributed by atoms with Gasteiger partial charge in [-0.2, -0.15) is 13.2 Å². The van der Waals surface area contributed by atoms with Gasteiger partial charge in [0.05, 0.1) is 0 Å². The molecular weight excluding hydrogens is 227 g/mol. The second kappa shape index (κ2) is 4.04. The van der Waals surface area contributed by atoms with E-state index in [1.807, 2.05) is 6.92 Å². The molecule has 0 aliphatic carbocycles. The van der Waals surface area contributed by atoms with Gasteiger partial charge in [-0.1, -0.05) is 36.4 Å². The van der Waals surface area contributed by atoms with Gasteiger partial charge < -0.3 is 5.73 Å². The van der Waals surface area contributed by atoms with Crippen LogP contribution < -0.4 is 5.73 Å². The quantitative estimate of drug-likeness (QED) is 0.806. The van der Waals surface area contributed by atoms with Crippen molar-refractivity contribution in [3.05, 3.63) is 47.5 Å². The number of fused-ring (bicyclic) bond motifs is 1. The fourth-order valence-corrected chi connectivity index (χ4v) is 1.92. The topological polar surface area (TPSA) is 26.0 Å². The van der Waals surface area contributed by atoms with Gasteiger partial charge in [0.25, 0.3) is 0 Å². The molecule has 0 aromatic heterocycles. The number of benzene rings is 2. The summed E-state index contributed by atoms with van der Waals surface area (Å²) in [5.41, 5.74) is 6.33. The van der Waals surface area contributed by atoms with Crippen molar-refractivity contribution in [1.82, 2.24) is 0 Å². The van der Waals surface area contributed by atoms with E-state index in [0.717, 1.165) is 10.9 Å². The second-order valence-corrected chi connectivity index (χ2v) is 4.04. The fraction of sp³-hybridized carbons (Fsp3) is 0.231. The molecule has 2 aromatic rings. The number of alkyl halides is 3. The largest absolute Gasteiger partial charge is 0.407 e. The number of aryl methyl sites for hydroxylation is 1. The smallest absolute Gasteiger partial charge is 0.316 e. The van der Waals surface area contributed by atoms with Gasteiger partial charge in [0.15, 0.2) is 0 Å². The highest BCUT2D eigenvalue weighted by atomic mass is 19.4. The van der Waals surface area contributed by atoms with E-state index in [-0.39, 0.29) is 5.56 Å². The van der Waals surface area contributed by atoms with Crippen LogP contribution in [0.3, 0.4) is 0 Å². The maximum atomic E-state index is 12.6. The molecule has 0 fully saturated rings. The van der Waals surface area contributed by atoms with E-state index >= 15 is 0 Å². The maximum Gasteiger partial charge on any atom is 0.407 e. The van der Waals surface area contributed by atoms with Crippen molar-refractivity contribution in [1.29, 1.82) is 0 Å². The van der Waals surface area contributed by atoms with Crippen LogP contribution in [0.1, 0.15) is 17.2 Å². The van der Waals surface area contributed by atoms with E-state index in [1.54, 1.807) is 30.3 Å². The number of hydrogen-bond donors (Lipinski definition) is 1. The Kier molecular flexibility index (Phi) is 2.83. The van der Waals surface area contributed by atoms with E-state index in [9.17, 15) is 13.2 Å². The number of nitrogens with two attached hydrogens (primary N) is 1. The van der Waals surface area contributed by atoms with Crippen LogP contribution in [0.4, 0.5) is 13.2 Å². The van der Waals surface area contributed by atoms with Crippen molar-refractivity contribution in [3.8, 4) is 0 Å². The zero-order chi connectivity index (χ0) is 12.6. The summed E-state index contributed by atoms with van der Waals surface area (Å²) in [7, 11) is 0. The van der Waals surface area contributed by atoms with Gasteiger partial charge in [-0.25, -0.2) is 0 Å². The van der Waals surface area contributed by atoms with Crippen molar-refractivity contribution in [2.24, 2.45) is 5.73 Å². The molecule has 0 bridgehead atoms. The fourth-order valence-electron chi connectivity index (χ4n) is 1.92. The summed E-state index contributed by atoms with van der Waals surface area (Å²) < 4.78 is 37.9. The number of hydrogen-bond acceptors (Lipinski definition) is 1. The molecule has 17 heavy (non-hydrogen) atoms. The molecule has 1 nitrogen and oxygen atoms in total. The van der Waals surface area contributed by atoms with Crippen LogP contribution in [0, 0.1) is 6.92 Å². The first kappa shape index (κ1) is 11.9. The van der Waals surface area contributed by atoms with E-state index in [2.05, 4.69) is 0 Å². The summed E-state index contributed by atoms with van der Waals surface area (Å²) in [5.74, 6) is 0. The second-order valence-electron chi connectivity index (χ2n) is 4.04. The van der Waals surface area contributed by atoms with Crippen molar-refractivity contribution in [2.45, 2.75) is 19.1 Å². The van der Waals surface area contributed by atoms with Gasteiger partial charge >= 0.3 is 6.18 Å². The van der Waals surface area contributed by atoms with Gasteiger partial charge in [-0.3, -0.25) is 0 Å². The molecule has 4 heteroatoms. The van der Waals surface area contributed by atoms with Crippen molar-refractivity contribution in [3.63, 3.8) is 0 Å². The molecule has 2 N–H and O–H groups in total. The highest BCUT2D eigenvalue weighted by Crippen LogP contribution is 2.35. The zero-order valence-electron chi connectivity index (χ0n) is 9.25. The third-order valence-electron chi connectivity index (χ3n) is 2.86. The monoisotopic (exact) mass is 239 g/mol. The predicted octanol–water partition coefficient (Wildman–Crippen LogP) is 3.71. The van der Waals surface area contributed by atoms with Crippen molar-refractivity contribution in [2.75, 3.05) is 0 Å². The molecule has 2 aromatic carbocycles. The van der Waals surface area contributed by atoms with Crippen LogP contribution in [0.25, 0.3) is 10.8 Å². The Hall–Kier alpha value is -1.55. The Bertz CT molecular complexity index is 546. The highest BCUT2D eigenvalue weighted by Gasteiger charge is 2.38. The summed E-state index contributed by atoms with van der Waals surface area (Å²) in [6, 6.07) is 8.18. The minimum absolute atomic E-state index is 0.124. The van der Waals surface area contributed by atoms with Crippen LogP contribution in [0.2, 0.25) is 0 Å². The van der Waals surface area contributed by atoms with E-state index in [4.69, 9.17) is 5.73 Å². The molecule has 0 spiro atoms. The standard InChI is InChI=1S/C13H12F3N/c1-8-6-7-11(12(17)13(14,15)16)10-5-3-2-4-9(8)10/h2-7,12H,17H2,1H3. The molecule has 90 valence electrons. The summed E-state index contributed by atoms with van der Waals surface area (Å²) in [4.78, 5) is 0. The number of halogens is 3. The Labute approximate surface area is 97.0 Å². The third kappa shape index (κ3) is 2.13. The summed E-state index contributed by atoms with van der Waals surface area (Å²) in [6.45, 7) is 1.87. The lowest BCUT2D eigenvalue weighted by Gasteiger charge is -2.18. The van der Waals surface area contributed by atoms with Crippen LogP contribution in [0.15, 0.2) is 36.4 Å². The third-order valence-corrected chi connectivity index (χ3v) is 2.86. The molecule has 0 saturated heterocycles. The summed E-state index contributed by atoms with van der Waals surface area (Å²) in [6.07, 6.45) is -4.42. The Morgan fingerprint density at radius 2 is 1.59 bits per heavy atom.